The van der Waals surface area contributed by atoms with Gasteiger partial charge in [0.2, 0.25) is 5.91 Å². The second-order valence-corrected chi connectivity index (χ2v) is 5.38. The fourth-order valence-electron chi connectivity index (χ4n) is 2.24. The van der Waals surface area contributed by atoms with Gasteiger partial charge in [-0.2, -0.15) is 0 Å². The SMILES string of the molecule is C[C@@H](NC(=O)OCc1ccccc1)C(=O)N(CC=O)c1ccccc1. The minimum Gasteiger partial charge on any atom is -0.445 e. The fourth-order valence-corrected chi connectivity index (χ4v) is 2.24. The van der Waals surface area contributed by atoms with E-state index < -0.39 is 18.0 Å². The number of aldehydes is 1. The second kappa shape index (κ2) is 9.22. The van der Waals surface area contributed by atoms with Crippen LogP contribution in [-0.2, 0) is 20.9 Å². The van der Waals surface area contributed by atoms with Crippen molar-refractivity contribution < 1.29 is 19.1 Å². The van der Waals surface area contributed by atoms with Crippen molar-refractivity contribution in [2.24, 2.45) is 0 Å². The van der Waals surface area contributed by atoms with Gasteiger partial charge in [-0.05, 0) is 24.6 Å². The van der Waals surface area contributed by atoms with Gasteiger partial charge in [0.05, 0.1) is 6.54 Å². The molecule has 0 unspecified atom stereocenters. The van der Waals surface area contributed by atoms with Crippen LogP contribution >= 0.6 is 0 Å². The molecule has 6 heteroatoms. The van der Waals surface area contributed by atoms with E-state index in [1.54, 1.807) is 31.2 Å². The molecule has 0 bridgehead atoms. The topological polar surface area (TPSA) is 75.7 Å². The van der Waals surface area contributed by atoms with E-state index in [0.717, 1.165) is 5.56 Å². The summed E-state index contributed by atoms with van der Waals surface area (Å²) in [6.07, 6.45) is -0.0467. The molecule has 0 saturated carbocycles. The molecule has 130 valence electrons. The van der Waals surface area contributed by atoms with Gasteiger partial charge in [-0.25, -0.2) is 4.79 Å². The number of ether oxygens (including phenoxy) is 1. The van der Waals surface area contributed by atoms with Crippen molar-refractivity contribution in [2.45, 2.75) is 19.6 Å². The van der Waals surface area contributed by atoms with E-state index in [1.807, 2.05) is 36.4 Å². The average molecular weight is 340 g/mol. The van der Waals surface area contributed by atoms with Gasteiger partial charge in [0, 0.05) is 5.69 Å². The molecule has 0 saturated heterocycles. The molecule has 0 aliphatic rings. The highest BCUT2D eigenvalue weighted by molar-refractivity contribution is 6.00. The Morgan fingerprint density at radius 1 is 1.08 bits per heavy atom. The molecule has 25 heavy (non-hydrogen) atoms. The summed E-state index contributed by atoms with van der Waals surface area (Å²) in [7, 11) is 0. The number of alkyl carbamates (subject to hydrolysis) is 1. The van der Waals surface area contributed by atoms with Gasteiger partial charge in [0.1, 0.15) is 18.9 Å². The van der Waals surface area contributed by atoms with Crippen LogP contribution in [0.2, 0.25) is 0 Å². The van der Waals surface area contributed by atoms with Crippen molar-refractivity contribution in [1.29, 1.82) is 0 Å². The van der Waals surface area contributed by atoms with Gasteiger partial charge >= 0.3 is 6.09 Å². The molecule has 0 aliphatic carbocycles. The van der Waals surface area contributed by atoms with E-state index >= 15 is 0 Å². The Kier molecular flexibility index (Phi) is 6.71. The third-order valence-corrected chi connectivity index (χ3v) is 3.51. The lowest BCUT2D eigenvalue weighted by Crippen LogP contribution is -2.47. The smallest absolute Gasteiger partial charge is 0.408 e. The number of carbonyl (C=O) groups is 3. The first-order chi connectivity index (χ1) is 12.1. The van der Waals surface area contributed by atoms with Crippen LogP contribution in [0.1, 0.15) is 12.5 Å². The van der Waals surface area contributed by atoms with Crippen molar-refractivity contribution in [3.05, 3.63) is 66.2 Å². The molecule has 0 fully saturated rings. The minimum atomic E-state index is -0.830. The molecule has 2 aromatic rings. The number of nitrogens with zero attached hydrogens (tertiary/aromatic N) is 1. The predicted molar refractivity (Wildman–Crippen MR) is 94.1 cm³/mol. The van der Waals surface area contributed by atoms with Gasteiger partial charge in [0.25, 0.3) is 0 Å². The van der Waals surface area contributed by atoms with E-state index in [9.17, 15) is 14.4 Å². The standard InChI is InChI=1S/C19H20N2O4/c1-15(20-19(24)25-14-16-8-4-2-5-9-16)18(23)21(12-13-22)17-10-6-3-7-11-17/h2-11,13,15H,12,14H2,1H3,(H,20,24)/t15-/m1/s1. The van der Waals surface area contributed by atoms with Crippen molar-refractivity contribution in [3.63, 3.8) is 0 Å². The summed E-state index contributed by atoms with van der Waals surface area (Å²) in [6, 6.07) is 17.2. The zero-order valence-electron chi connectivity index (χ0n) is 13.9. The van der Waals surface area contributed by atoms with Crippen LogP contribution in [0.15, 0.2) is 60.7 Å². The summed E-state index contributed by atoms with van der Waals surface area (Å²) in [5.74, 6) is -0.394. The Morgan fingerprint density at radius 3 is 2.28 bits per heavy atom. The van der Waals surface area contributed by atoms with Gasteiger partial charge in [-0.3, -0.25) is 4.79 Å². The maximum absolute atomic E-state index is 12.5. The number of hydrogen-bond donors (Lipinski definition) is 1. The molecular weight excluding hydrogens is 320 g/mol. The maximum atomic E-state index is 12.5. The number of para-hydroxylation sites is 1. The molecule has 0 radical (unpaired) electrons. The summed E-state index contributed by atoms with van der Waals surface area (Å²) < 4.78 is 5.10. The number of amides is 2. The highest BCUT2D eigenvalue weighted by Gasteiger charge is 2.23. The van der Waals surface area contributed by atoms with Gasteiger partial charge in [-0.1, -0.05) is 48.5 Å². The highest BCUT2D eigenvalue weighted by atomic mass is 16.5. The monoisotopic (exact) mass is 340 g/mol. The van der Waals surface area contributed by atoms with Crippen molar-refractivity contribution in [2.75, 3.05) is 11.4 Å². The quantitative estimate of drug-likeness (QED) is 0.786. The summed E-state index contributed by atoms with van der Waals surface area (Å²) in [4.78, 5) is 36.6. The van der Waals surface area contributed by atoms with Gasteiger partial charge < -0.3 is 19.7 Å². The first kappa shape index (κ1) is 18.2. The molecule has 1 atom stereocenters. The molecule has 2 aromatic carbocycles. The molecule has 2 rings (SSSR count). The largest absolute Gasteiger partial charge is 0.445 e. The first-order valence-electron chi connectivity index (χ1n) is 7.89. The van der Waals surface area contributed by atoms with Gasteiger partial charge in [-0.15, -0.1) is 0 Å². The Morgan fingerprint density at radius 2 is 1.68 bits per heavy atom. The number of hydrogen-bond acceptors (Lipinski definition) is 4. The number of nitrogens with one attached hydrogen (secondary N) is 1. The number of rotatable bonds is 7. The Balaban J connectivity index is 1.93. The van der Waals surface area contributed by atoms with Crippen LogP contribution in [0.25, 0.3) is 0 Å². The highest BCUT2D eigenvalue weighted by Crippen LogP contribution is 2.14. The number of carbonyl (C=O) groups excluding carboxylic acids is 3. The lowest BCUT2D eigenvalue weighted by Gasteiger charge is -2.24. The molecule has 0 aliphatic heterocycles. The normalized spacial score (nSPS) is 11.2. The number of anilines is 1. The Labute approximate surface area is 146 Å². The van der Waals surface area contributed by atoms with Gasteiger partial charge in [0.15, 0.2) is 0 Å². The lowest BCUT2D eigenvalue weighted by atomic mass is 10.2. The van der Waals surface area contributed by atoms with Crippen LogP contribution in [0.3, 0.4) is 0 Å². The molecule has 6 nitrogen and oxygen atoms in total. The Bertz CT molecular complexity index is 704. The van der Waals surface area contributed by atoms with Crippen molar-refractivity contribution in [3.8, 4) is 0 Å². The summed E-state index contributed by atoms with van der Waals surface area (Å²) in [5.41, 5.74) is 1.44. The van der Waals surface area contributed by atoms with Crippen LogP contribution in [-0.4, -0.2) is 30.9 Å². The fraction of sp³-hybridized carbons (Fsp3) is 0.211. The molecule has 0 aromatic heterocycles. The van der Waals surface area contributed by atoms with Crippen LogP contribution < -0.4 is 10.2 Å². The van der Waals surface area contributed by atoms with Crippen LogP contribution in [0, 0.1) is 0 Å². The predicted octanol–water partition coefficient (Wildman–Crippen LogP) is 2.53. The minimum absolute atomic E-state index is 0.0894. The molecule has 0 heterocycles. The third kappa shape index (κ3) is 5.46. The third-order valence-electron chi connectivity index (χ3n) is 3.51. The molecule has 1 N–H and O–H groups in total. The van der Waals surface area contributed by atoms with E-state index in [2.05, 4.69) is 5.32 Å². The summed E-state index contributed by atoms with van der Waals surface area (Å²) >= 11 is 0. The zero-order valence-corrected chi connectivity index (χ0v) is 13.9. The van der Waals surface area contributed by atoms with Crippen molar-refractivity contribution in [1.82, 2.24) is 5.32 Å². The van der Waals surface area contributed by atoms with Crippen molar-refractivity contribution >= 4 is 24.0 Å². The van der Waals surface area contributed by atoms with E-state index in [0.29, 0.717) is 12.0 Å². The summed E-state index contributed by atoms with van der Waals surface area (Å²) in [6.45, 7) is 1.57. The molecule has 0 spiro atoms. The van der Waals surface area contributed by atoms with E-state index in [4.69, 9.17) is 4.74 Å². The molecular formula is C19H20N2O4. The second-order valence-electron chi connectivity index (χ2n) is 5.38. The van der Waals surface area contributed by atoms with Crippen LogP contribution in [0.4, 0.5) is 10.5 Å². The zero-order chi connectivity index (χ0) is 18.1. The average Bonchev–Trinajstić information content (AvgIpc) is 2.65. The maximum Gasteiger partial charge on any atom is 0.408 e. The Hall–Kier alpha value is -3.15. The lowest BCUT2D eigenvalue weighted by molar-refractivity contribution is -0.121. The van der Waals surface area contributed by atoms with E-state index in [-0.39, 0.29) is 13.2 Å². The summed E-state index contributed by atoms with van der Waals surface area (Å²) in [5, 5.41) is 2.49. The molecule has 2 amide bonds. The number of benzene rings is 2. The van der Waals surface area contributed by atoms with E-state index in [1.165, 1.54) is 4.90 Å². The van der Waals surface area contributed by atoms with Crippen LogP contribution in [0.5, 0.6) is 0 Å². The first-order valence-corrected chi connectivity index (χ1v) is 7.89.